The van der Waals surface area contributed by atoms with Crippen LogP contribution in [0.2, 0.25) is 0 Å². The van der Waals surface area contributed by atoms with Gasteiger partial charge in [0, 0.05) is 6.04 Å². The minimum atomic E-state index is -0.296. The molecule has 2 saturated carbocycles. The summed E-state index contributed by atoms with van der Waals surface area (Å²) in [6.45, 7) is 2.22. The molecule has 2 aliphatic carbocycles. The first-order valence-electron chi connectivity index (χ1n) is 7.47. The van der Waals surface area contributed by atoms with Crippen LogP contribution in [0.3, 0.4) is 0 Å². The van der Waals surface area contributed by atoms with Crippen molar-refractivity contribution in [2.45, 2.75) is 38.6 Å². The molecule has 4 nitrogen and oxygen atoms in total. The molecule has 4 atom stereocenters. The van der Waals surface area contributed by atoms with Crippen LogP contribution < -0.4 is 5.32 Å². The lowest BCUT2D eigenvalue weighted by atomic mass is 9.84. The number of nitrogens with zero attached hydrogens (tertiary/aromatic N) is 3. The average molecular weight is 274 g/mol. The molecule has 0 amide bonds. The smallest absolute Gasteiger partial charge is 0.243 e. The number of halogens is 1. The topological polar surface area (TPSA) is 42.2 Å². The third-order valence-corrected chi connectivity index (χ3v) is 5.09. The van der Waals surface area contributed by atoms with Crippen molar-refractivity contribution in [3.05, 3.63) is 24.1 Å². The summed E-state index contributed by atoms with van der Waals surface area (Å²) in [6, 6.07) is 3.44. The largest absolute Gasteiger partial charge is 0.350 e. The number of hydrogen-bond donors (Lipinski definition) is 1. The number of aromatic nitrogens is 3. The quantitative estimate of drug-likeness (QED) is 0.935. The molecule has 0 saturated heterocycles. The second-order valence-corrected chi connectivity index (χ2v) is 6.36. The van der Waals surface area contributed by atoms with E-state index in [-0.39, 0.29) is 5.82 Å². The number of anilines is 1. The Morgan fingerprint density at radius 1 is 1.35 bits per heavy atom. The Hall–Kier alpha value is -1.65. The molecular formula is C15H19FN4. The van der Waals surface area contributed by atoms with Gasteiger partial charge in [-0.15, -0.1) is 5.10 Å². The third kappa shape index (κ3) is 1.96. The average Bonchev–Trinajstić information content (AvgIpc) is 3.11. The summed E-state index contributed by atoms with van der Waals surface area (Å²) in [6.07, 6.45) is 6.89. The Morgan fingerprint density at radius 2 is 2.25 bits per heavy atom. The maximum atomic E-state index is 13.1. The second-order valence-electron chi connectivity index (χ2n) is 6.36. The molecule has 2 aromatic rings. The first kappa shape index (κ1) is 12.1. The second kappa shape index (κ2) is 4.43. The highest BCUT2D eigenvalue weighted by atomic mass is 19.1. The number of pyridine rings is 1. The summed E-state index contributed by atoms with van der Waals surface area (Å²) >= 11 is 0. The van der Waals surface area contributed by atoms with Crippen molar-refractivity contribution < 1.29 is 4.39 Å². The molecular weight excluding hydrogens is 255 g/mol. The van der Waals surface area contributed by atoms with Crippen LogP contribution in [-0.4, -0.2) is 20.6 Å². The summed E-state index contributed by atoms with van der Waals surface area (Å²) in [5.74, 6) is 2.85. The molecule has 0 aliphatic heterocycles. The zero-order chi connectivity index (χ0) is 13.7. The molecule has 0 radical (unpaired) electrons. The fraction of sp³-hybridized carbons (Fsp3) is 0.600. The SMILES string of the molecule is CC(Nc1nc2ccc(F)cn2n1)C1CC2CCC1C2. The molecule has 106 valence electrons. The fourth-order valence-electron chi connectivity index (χ4n) is 4.14. The number of nitrogens with one attached hydrogen (secondary N) is 1. The number of rotatable bonds is 3. The van der Waals surface area contributed by atoms with Crippen molar-refractivity contribution >= 4 is 11.6 Å². The highest BCUT2D eigenvalue weighted by Crippen LogP contribution is 2.49. The molecule has 2 fully saturated rings. The van der Waals surface area contributed by atoms with Crippen LogP contribution in [0.1, 0.15) is 32.6 Å². The van der Waals surface area contributed by atoms with Gasteiger partial charge in [0.15, 0.2) is 5.65 Å². The van der Waals surface area contributed by atoms with Crippen molar-refractivity contribution in [3.63, 3.8) is 0 Å². The van der Waals surface area contributed by atoms with Gasteiger partial charge in [0.2, 0.25) is 5.95 Å². The van der Waals surface area contributed by atoms with E-state index < -0.39 is 0 Å². The Balaban J connectivity index is 1.52. The predicted octanol–water partition coefficient (Wildman–Crippen LogP) is 3.11. The van der Waals surface area contributed by atoms with Gasteiger partial charge in [0.1, 0.15) is 5.82 Å². The van der Waals surface area contributed by atoms with Gasteiger partial charge in [-0.3, -0.25) is 0 Å². The maximum absolute atomic E-state index is 13.1. The molecule has 4 unspecified atom stereocenters. The molecule has 1 N–H and O–H groups in total. The standard InChI is InChI=1S/C15H19FN4/c1-9(13-7-10-2-3-11(13)6-10)17-15-18-14-5-4-12(16)8-20(14)19-15/h4-5,8-11,13H,2-3,6-7H2,1H3,(H,17,19). The number of fused-ring (bicyclic) bond motifs is 3. The highest BCUT2D eigenvalue weighted by Gasteiger charge is 2.41. The zero-order valence-corrected chi connectivity index (χ0v) is 11.6. The monoisotopic (exact) mass is 274 g/mol. The molecule has 20 heavy (non-hydrogen) atoms. The fourth-order valence-corrected chi connectivity index (χ4v) is 4.14. The molecule has 2 aromatic heterocycles. The van der Waals surface area contributed by atoms with Gasteiger partial charge in [-0.2, -0.15) is 4.98 Å². The highest BCUT2D eigenvalue weighted by molar-refractivity contribution is 5.43. The van der Waals surface area contributed by atoms with Gasteiger partial charge >= 0.3 is 0 Å². The Morgan fingerprint density at radius 3 is 3.00 bits per heavy atom. The van der Waals surface area contributed by atoms with E-state index in [2.05, 4.69) is 22.3 Å². The molecule has 2 bridgehead atoms. The Labute approximate surface area is 117 Å². The summed E-state index contributed by atoms with van der Waals surface area (Å²) in [7, 11) is 0. The minimum absolute atomic E-state index is 0.296. The van der Waals surface area contributed by atoms with Crippen LogP contribution in [0.5, 0.6) is 0 Å². The first-order chi connectivity index (χ1) is 9.69. The van der Waals surface area contributed by atoms with Gasteiger partial charge in [-0.25, -0.2) is 8.91 Å². The molecule has 5 heteroatoms. The first-order valence-corrected chi connectivity index (χ1v) is 7.47. The van der Waals surface area contributed by atoms with Gasteiger partial charge < -0.3 is 5.32 Å². The van der Waals surface area contributed by atoms with E-state index >= 15 is 0 Å². The van der Waals surface area contributed by atoms with Crippen LogP contribution in [-0.2, 0) is 0 Å². The number of hydrogen-bond acceptors (Lipinski definition) is 3. The minimum Gasteiger partial charge on any atom is -0.350 e. The lowest BCUT2D eigenvalue weighted by Crippen LogP contribution is -2.30. The summed E-state index contributed by atoms with van der Waals surface area (Å²) in [5.41, 5.74) is 0.675. The van der Waals surface area contributed by atoms with E-state index in [0.717, 1.165) is 17.8 Å². The summed E-state index contributed by atoms with van der Waals surface area (Å²) in [5, 5.41) is 7.71. The third-order valence-electron chi connectivity index (χ3n) is 5.09. The van der Waals surface area contributed by atoms with Crippen molar-refractivity contribution in [1.82, 2.24) is 14.6 Å². The van der Waals surface area contributed by atoms with Crippen LogP contribution in [0, 0.1) is 23.6 Å². The molecule has 2 heterocycles. The van der Waals surface area contributed by atoms with Crippen molar-refractivity contribution in [1.29, 1.82) is 0 Å². The Bertz CT molecular complexity index is 638. The maximum Gasteiger partial charge on any atom is 0.243 e. The van der Waals surface area contributed by atoms with Gasteiger partial charge in [0.25, 0.3) is 0 Å². The van der Waals surface area contributed by atoms with E-state index in [9.17, 15) is 4.39 Å². The van der Waals surface area contributed by atoms with Gasteiger partial charge in [-0.05, 0) is 56.1 Å². The van der Waals surface area contributed by atoms with Crippen molar-refractivity contribution in [2.24, 2.45) is 17.8 Å². The molecule has 2 aliphatic rings. The van der Waals surface area contributed by atoms with E-state index in [0.29, 0.717) is 17.6 Å². The van der Waals surface area contributed by atoms with Crippen LogP contribution in [0.15, 0.2) is 18.3 Å². The van der Waals surface area contributed by atoms with Crippen LogP contribution in [0.25, 0.3) is 5.65 Å². The van der Waals surface area contributed by atoms with Crippen LogP contribution >= 0.6 is 0 Å². The molecule has 0 spiro atoms. The van der Waals surface area contributed by atoms with Gasteiger partial charge in [-0.1, -0.05) is 6.42 Å². The van der Waals surface area contributed by atoms with Crippen molar-refractivity contribution in [2.75, 3.05) is 5.32 Å². The lowest BCUT2D eigenvalue weighted by molar-refractivity contribution is 0.303. The van der Waals surface area contributed by atoms with Crippen molar-refractivity contribution in [3.8, 4) is 0 Å². The molecule has 0 aromatic carbocycles. The van der Waals surface area contributed by atoms with Crippen LogP contribution in [0.4, 0.5) is 10.3 Å². The van der Waals surface area contributed by atoms with E-state index in [1.165, 1.54) is 42.5 Å². The van der Waals surface area contributed by atoms with E-state index in [4.69, 9.17) is 0 Å². The lowest BCUT2D eigenvalue weighted by Gasteiger charge is -2.28. The van der Waals surface area contributed by atoms with E-state index in [1.807, 2.05) is 0 Å². The van der Waals surface area contributed by atoms with E-state index in [1.54, 1.807) is 6.07 Å². The normalized spacial score (nSPS) is 30.0. The summed E-state index contributed by atoms with van der Waals surface area (Å²) in [4.78, 5) is 4.40. The zero-order valence-electron chi connectivity index (χ0n) is 11.6. The predicted molar refractivity (Wildman–Crippen MR) is 75.0 cm³/mol. The van der Waals surface area contributed by atoms with Gasteiger partial charge in [0.05, 0.1) is 6.20 Å². The summed E-state index contributed by atoms with van der Waals surface area (Å²) < 4.78 is 14.6. The Kier molecular flexibility index (Phi) is 2.69. The molecule has 4 rings (SSSR count).